The zero-order chi connectivity index (χ0) is 11.3. The van der Waals surface area contributed by atoms with Gasteiger partial charge in [0, 0.05) is 36.8 Å². The maximum Gasteiger partial charge on any atom is 0.0534 e. The fourth-order valence-electron chi connectivity index (χ4n) is 1.29. The maximum absolute atomic E-state index is 5.24. The van der Waals surface area contributed by atoms with Gasteiger partial charge in [-0.1, -0.05) is 0 Å². The SMILES string of the molecule is C#CCC(C)NCc1cnn(C(C)C)c1. The molecule has 1 aromatic heterocycles. The monoisotopic (exact) mass is 205 g/mol. The normalized spacial score (nSPS) is 12.7. The Bertz CT molecular complexity index is 333. The van der Waals surface area contributed by atoms with Gasteiger partial charge < -0.3 is 5.32 Å². The first-order valence-corrected chi connectivity index (χ1v) is 5.33. The first kappa shape index (κ1) is 11.8. The summed E-state index contributed by atoms with van der Waals surface area (Å²) < 4.78 is 1.96. The van der Waals surface area contributed by atoms with Crippen molar-refractivity contribution in [2.75, 3.05) is 0 Å². The van der Waals surface area contributed by atoms with Gasteiger partial charge in [0.1, 0.15) is 0 Å². The van der Waals surface area contributed by atoms with E-state index in [9.17, 15) is 0 Å². The molecule has 0 radical (unpaired) electrons. The van der Waals surface area contributed by atoms with Gasteiger partial charge in [-0.2, -0.15) is 5.10 Å². The molecule has 0 saturated carbocycles. The average molecular weight is 205 g/mol. The van der Waals surface area contributed by atoms with Gasteiger partial charge in [-0.3, -0.25) is 4.68 Å². The molecule has 0 aliphatic heterocycles. The van der Waals surface area contributed by atoms with Crippen LogP contribution in [0.2, 0.25) is 0 Å². The van der Waals surface area contributed by atoms with Gasteiger partial charge in [-0.05, 0) is 20.8 Å². The van der Waals surface area contributed by atoms with Crippen LogP contribution < -0.4 is 5.32 Å². The Hall–Kier alpha value is -1.27. The Kier molecular flexibility index (Phi) is 4.38. The minimum absolute atomic E-state index is 0.359. The number of aromatic nitrogens is 2. The van der Waals surface area contributed by atoms with E-state index < -0.39 is 0 Å². The second kappa shape index (κ2) is 5.57. The Balaban J connectivity index is 2.41. The Morgan fingerprint density at radius 3 is 2.80 bits per heavy atom. The Morgan fingerprint density at radius 2 is 2.27 bits per heavy atom. The van der Waals surface area contributed by atoms with Gasteiger partial charge in [0.25, 0.3) is 0 Å². The topological polar surface area (TPSA) is 29.9 Å². The van der Waals surface area contributed by atoms with Crippen molar-refractivity contribution < 1.29 is 0 Å². The lowest BCUT2D eigenvalue weighted by molar-refractivity contribution is 0.529. The molecular formula is C12H19N3. The van der Waals surface area contributed by atoms with Crippen molar-refractivity contribution in [2.45, 2.75) is 45.8 Å². The summed E-state index contributed by atoms with van der Waals surface area (Å²) in [4.78, 5) is 0. The van der Waals surface area contributed by atoms with Gasteiger partial charge in [0.05, 0.1) is 6.20 Å². The predicted octanol–water partition coefficient (Wildman–Crippen LogP) is 1.97. The zero-order valence-corrected chi connectivity index (χ0v) is 9.70. The summed E-state index contributed by atoms with van der Waals surface area (Å²) in [5.74, 6) is 2.64. The van der Waals surface area contributed by atoms with Crippen LogP contribution in [0.3, 0.4) is 0 Å². The van der Waals surface area contributed by atoms with Crippen LogP contribution in [0.15, 0.2) is 12.4 Å². The van der Waals surface area contributed by atoms with Crippen molar-refractivity contribution in [3.63, 3.8) is 0 Å². The molecule has 3 nitrogen and oxygen atoms in total. The molecule has 15 heavy (non-hydrogen) atoms. The highest BCUT2D eigenvalue weighted by atomic mass is 15.3. The summed E-state index contributed by atoms with van der Waals surface area (Å²) >= 11 is 0. The molecule has 0 aliphatic rings. The summed E-state index contributed by atoms with van der Waals surface area (Å²) in [7, 11) is 0. The van der Waals surface area contributed by atoms with Crippen LogP contribution in [0.5, 0.6) is 0 Å². The van der Waals surface area contributed by atoms with Gasteiger partial charge in [0.2, 0.25) is 0 Å². The zero-order valence-electron chi connectivity index (χ0n) is 9.70. The number of rotatable bonds is 5. The summed E-state index contributed by atoms with van der Waals surface area (Å²) in [6.07, 6.45) is 9.97. The van der Waals surface area contributed by atoms with E-state index in [1.54, 1.807) is 0 Å². The fourth-order valence-corrected chi connectivity index (χ4v) is 1.29. The van der Waals surface area contributed by atoms with Crippen LogP contribution in [0.25, 0.3) is 0 Å². The highest BCUT2D eigenvalue weighted by molar-refractivity contribution is 5.04. The van der Waals surface area contributed by atoms with Crippen LogP contribution >= 0.6 is 0 Å². The molecule has 0 fully saturated rings. The largest absolute Gasteiger partial charge is 0.309 e. The van der Waals surface area contributed by atoms with Gasteiger partial charge >= 0.3 is 0 Å². The van der Waals surface area contributed by atoms with Crippen LogP contribution in [-0.4, -0.2) is 15.8 Å². The van der Waals surface area contributed by atoms with E-state index in [1.807, 2.05) is 10.9 Å². The van der Waals surface area contributed by atoms with Crippen molar-refractivity contribution in [1.82, 2.24) is 15.1 Å². The third-order valence-electron chi connectivity index (χ3n) is 2.26. The summed E-state index contributed by atoms with van der Waals surface area (Å²) in [5, 5.41) is 7.63. The molecule has 1 atom stereocenters. The fraction of sp³-hybridized carbons (Fsp3) is 0.583. The second-order valence-electron chi connectivity index (χ2n) is 4.11. The third-order valence-corrected chi connectivity index (χ3v) is 2.26. The molecule has 3 heteroatoms. The molecule has 1 unspecified atom stereocenters. The van der Waals surface area contributed by atoms with E-state index in [0.29, 0.717) is 12.1 Å². The molecule has 1 rings (SSSR count). The standard InChI is InChI=1S/C12H19N3/c1-5-6-11(4)13-7-12-8-14-15(9-12)10(2)3/h1,8-11,13H,6-7H2,2-4H3. The lowest BCUT2D eigenvalue weighted by Gasteiger charge is -2.09. The van der Waals surface area contributed by atoms with E-state index in [2.05, 4.69) is 43.3 Å². The molecule has 1 aromatic rings. The number of terminal acetylenes is 1. The van der Waals surface area contributed by atoms with Crippen LogP contribution in [-0.2, 0) is 6.54 Å². The van der Waals surface area contributed by atoms with Crippen LogP contribution in [0.4, 0.5) is 0 Å². The van der Waals surface area contributed by atoms with Gasteiger partial charge in [-0.15, -0.1) is 12.3 Å². The van der Waals surface area contributed by atoms with E-state index in [4.69, 9.17) is 6.42 Å². The number of hydrogen-bond donors (Lipinski definition) is 1. The third kappa shape index (κ3) is 3.77. The molecule has 0 saturated heterocycles. The number of nitrogens with zero attached hydrogens (tertiary/aromatic N) is 2. The van der Waals surface area contributed by atoms with Crippen molar-refractivity contribution in [3.05, 3.63) is 18.0 Å². The van der Waals surface area contributed by atoms with E-state index in [0.717, 1.165) is 13.0 Å². The van der Waals surface area contributed by atoms with Crippen molar-refractivity contribution in [1.29, 1.82) is 0 Å². The molecule has 0 aliphatic carbocycles. The average Bonchev–Trinajstić information content (AvgIpc) is 2.63. The first-order chi connectivity index (χ1) is 7.13. The van der Waals surface area contributed by atoms with Crippen molar-refractivity contribution in [3.8, 4) is 12.3 Å². The molecular weight excluding hydrogens is 186 g/mol. The lowest BCUT2D eigenvalue weighted by Crippen LogP contribution is -2.24. The van der Waals surface area contributed by atoms with E-state index >= 15 is 0 Å². The molecule has 82 valence electrons. The van der Waals surface area contributed by atoms with E-state index in [1.165, 1.54) is 5.56 Å². The maximum atomic E-state index is 5.24. The second-order valence-corrected chi connectivity index (χ2v) is 4.11. The summed E-state index contributed by atoms with van der Waals surface area (Å²) in [5.41, 5.74) is 1.20. The number of nitrogens with one attached hydrogen (secondary N) is 1. The molecule has 0 bridgehead atoms. The predicted molar refractivity (Wildman–Crippen MR) is 62.4 cm³/mol. The van der Waals surface area contributed by atoms with Crippen molar-refractivity contribution in [2.24, 2.45) is 0 Å². The summed E-state index contributed by atoms with van der Waals surface area (Å²) in [6.45, 7) is 7.15. The Labute approximate surface area is 91.9 Å². The lowest BCUT2D eigenvalue weighted by atomic mass is 10.2. The van der Waals surface area contributed by atoms with Crippen molar-refractivity contribution >= 4 is 0 Å². The number of hydrogen-bond acceptors (Lipinski definition) is 2. The highest BCUT2D eigenvalue weighted by Gasteiger charge is 2.03. The minimum atomic E-state index is 0.359. The highest BCUT2D eigenvalue weighted by Crippen LogP contribution is 2.05. The Morgan fingerprint density at radius 1 is 1.53 bits per heavy atom. The van der Waals surface area contributed by atoms with Crippen LogP contribution in [0.1, 0.15) is 38.8 Å². The van der Waals surface area contributed by atoms with Gasteiger partial charge in [-0.25, -0.2) is 0 Å². The molecule has 0 amide bonds. The molecule has 0 spiro atoms. The quantitative estimate of drug-likeness (QED) is 0.745. The van der Waals surface area contributed by atoms with Gasteiger partial charge in [0.15, 0.2) is 0 Å². The van der Waals surface area contributed by atoms with Crippen LogP contribution in [0, 0.1) is 12.3 Å². The molecule has 1 heterocycles. The molecule has 0 aromatic carbocycles. The summed E-state index contributed by atoms with van der Waals surface area (Å²) in [6, 6.07) is 0.777. The molecule has 1 N–H and O–H groups in total. The minimum Gasteiger partial charge on any atom is -0.309 e. The smallest absolute Gasteiger partial charge is 0.0534 e. The first-order valence-electron chi connectivity index (χ1n) is 5.33. The van der Waals surface area contributed by atoms with E-state index in [-0.39, 0.29) is 0 Å².